The zero-order chi connectivity index (χ0) is 8.81. The summed E-state index contributed by atoms with van der Waals surface area (Å²) in [6, 6.07) is 0. The summed E-state index contributed by atoms with van der Waals surface area (Å²) in [5.74, 6) is -0.152. The highest BCUT2D eigenvalue weighted by Crippen LogP contribution is 2.07. The Bertz CT molecular complexity index is 187. The first-order valence-electron chi connectivity index (χ1n) is 4.41. The molecular weight excluding hydrogens is 154 g/mol. The van der Waals surface area contributed by atoms with E-state index < -0.39 is 0 Å². The number of rotatable bonds is 2. The van der Waals surface area contributed by atoms with Crippen molar-refractivity contribution in [1.29, 1.82) is 0 Å². The van der Waals surface area contributed by atoms with Gasteiger partial charge in [0.2, 0.25) is 0 Å². The highest BCUT2D eigenvalue weighted by molar-refractivity contribution is 5.88. The quantitative estimate of drug-likeness (QED) is 0.623. The first-order chi connectivity index (χ1) is 5.84. The minimum Gasteiger partial charge on any atom is -0.463 e. The summed E-state index contributed by atoms with van der Waals surface area (Å²) < 4.78 is 4.90. The van der Waals surface area contributed by atoms with Crippen LogP contribution in [0.25, 0.3) is 0 Å². The van der Waals surface area contributed by atoms with E-state index in [2.05, 4.69) is 5.32 Å². The van der Waals surface area contributed by atoms with Crippen molar-refractivity contribution >= 4 is 5.97 Å². The maximum Gasteiger partial charge on any atom is 0.333 e. The number of hydrogen-bond acceptors (Lipinski definition) is 3. The van der Waals surface area contributed by atoms with Crippen molar-refractivity contribution in [3.05, 3.63) is 11.6 Å². The fraction of sp³-hybridized carbons (Fsp3) is 0.667. The molecular formula is C9H15NO2. The summed E-state index contributed by atoms with van der Waals surface area (Å²) in [6.07, 6.45) is 3.69. The Labute approximate surface area is 72.8 Å². The van der Waals surface area contributed by atoms with Crippen LogP contribution >= 0.6 is 0 Å². The molecule has 3 heteroatoms. The van der Waals surface area contributed by atoms with Crippen LogP contribution in [0.1, 0.15) is 19.8 Å². The van der Waals surface area contributed by atoms with E-state index >= 15 is 0 Å². The summed E-state index contributed by atoms with van der Waals surface area (Å²) in [5, 5.41) is 3.21. The van der Waals surface area contributed by atoms with E-state index in [9.17, 15) is 4.79 Å². The van der Waals surface area contributed by atoms with Gasteiger partial charge in [0.25, 0.3) is 0 Å². The molecule has 0 aromatic heterocycles. The zero-order valence-electron chi connectivity index (χ0n) is 7.43. The second-order valence-electron chi connectivity index (χ2n) is 2.74. The van der Waals surface area contributed by atoms with E-state index in [1.807, 2.05) is 13.0 Å². The van der Waals surface area contributed by atoms with Crippen LogP contribution in [0.3, 0.4) is 0 Å². The van der Waals surface area contributed by atoms with Gasteiger partial charge in [-0.05, 0) is 32.9 Å². The molecule has 0 atom stereocenters. The lowest BCUT2D eigenvalue weighted by Crippen LogP contribution is -2.15. The Morgan fingerprint density at radius 2 is 2.50 bits per heavy atom. The van der Waals surface area contributed by atoms with Crippen molar-refractivity contribution < 1.29 is 9.53 Å². The molecule has 0 radical (unpaired) electrons. The van der Waals surface area contributed by atoms with Gasteiger partial charge in [0, 0.05) is 5.57 Å². The fourth-order valence-electron chi connectivity index (χ4n) is 1.21. The third-order valence-electron chi connectivity index (χ3n) is 1.82. The third-order valence-corrected chi connectivity index (χ3v) is 1.82. The van der Waals surface area contributed by atoms with E-state index in [0.717, 1.165) is 31.5 Å². The SMILES string of the molecule is CCOC(=O)C1=CCCNCC1. The van der Waals surface area contributed by atoms with Gasteiger partial charge in [0.05, 0.1) is 6.61 Å². The molecule has 0 spiro atoms. The lowest BCUT2D eigenvalue weighted by Gasteiger charge is -2.03. The average molecular weight is 169 g/mol. The van der Waals surface area contributed by atoms with Crippen molar-refractivity contribution in [2.45, 2.75) is 19.8 Å². The molecule has 0 aliphatic carbocycles. The Morgan fingerprint density at radius 1 is 1.67 bits per heavy atom. The molecule has 1 heterocycles. The van der Waals surface area contributed by atoms with Crippen molar-refractivity contribution in [2.24, 2.45) is 0 Å². The van der Waals surface area contributed by atoms with Crippen molar-refractivity contribution in [2.75, 3.05) is 19.7 Å². The van der Waals surface area contributed by atoms with Gasteiger partial charge in [0.1, 0.15) is 0 Å². The van der Waals surface area contributed by atoms with Crippen LogP contribution in [0.15, 0.2) is 11.6 Å². The molecule has 68 valence electrons. The number of carbonyl (C=O) groups excluding carboxylic acids is 1. The van der Waals surface area contributed by atoms with Crippen molar-refractivity contribution in [1.82, 2.24) is 5.32 Å². The Kier molecular flexibility index (Phi) is 3.80. The number of nitrogens with one attached hydrogen (secondary N) is 1. The summed E-state index contributed by atoms with van der Waals surface area (Å²) in [4.78, 5) is 11.2. The summed E-state index contributed by atoms with van der Waals surface area (Å²) in [5.41, 5.74) is 0.821. The Hall–Kier alpha value is -0.830. The summed E-state index contributed by atoms with van der Waals surface area (Å²) in [7, 11) is 0. The first-order valence-corrected chi connectivity index (χ1v) is 4.41. The van der Waals surface area contributed by atoms with Crippen LogP contribution < -0.4 is 5.32 Å². The number of esters is 1. The van der Waals surface area contributed by atoms with Gasteiger partial charge in [-0.25, -0.2) is 4.79 Å². The highest BCUT2D eigenvalue weighted by Gasteiger charge is 2.10. The van der Waals surface area contributed by atoms with Gasteiger partial charge < -0.3 is 10.1 Å². The van der Waals surface area contributed by atoms with E-state index in [-0.39, 0.29) is 5.97 Å². The van der Waals surface area contributed by atoms with Crippen LogP contribution in [-0.4, -0.2) is 25.7 Å². The molecule has 1 rings (SSSR count). The molecule has 1 aliphatic heterocycles. The van der Waals surface area contributed by atoms with Gasteiger partial charge in [-0.3, -0.25) is 0 Å². The molecule has 0 aromatic carbocycles. The van der Waals surface area contributed by atoms with Crippen molar-refractivity contribution in [3.8, 4) is 0 Å². The van der Waals surface area contributed by atoms with Gasteiger partial charge in [-0.2, -0.15) is 0 Å². The highest BCUT2D eigenvalue weighted by atomic mass is 16.5. The van der Waals surface area contributed by atoms with Crippen molar-refractivity contribution in [3.63, 3.8) is 0 Å². The molecule has 0 fully saturated rings. The monoisotopic (exact) mass is 169 g/mol. The molecule has 0 bridgehead atoms. The van der Waals surface area contributed by atoms with Gasteiger partial charge in [0.15, 0.2) is 0 Å². The predicted molar refractivity (Wildman–Crippen MR) is 46.8 cm³/mol. The molecule has 0 amide bonds. The van der Waals surface area contributed by atoms with Gasteiger partial charge >= 0.3 is 5.97 Å². The molecule has 0 unspecified atom stereocenters. The number of hydrogen-bond donors (Lipinski definition) is 1. The standard InChI is InChI=1S/C9H15NO2/c1-2-12-9(11)8-4-3-6-10-7-5-8/h4,10H,2-3,5-7H2,1H3. The second-order valence-corrected chi connectivity index (χ2v) is 2.74. The second kappa shape index (κ2) is 4.93. The maximum absolute atomic E-state index is 11.2. The van der Waals surface area contributed by atoms with Gasteiger partial charge in [-0.1, -0.05) is 6.08 Å². The predicted octanol–water partition coefficient (Wildman–Crippen LogP) is 0.859. The summed E-state index contributed by atoms with van der Waals surface area (Å²) in [6.45, 7) is 4.13. The van der Waals surface area contributed by atoms with Gasteiger partial charge in [-0.15, -0.1) is 0 Å². The Morgan fingerprint density at radius 3 is 3.25 bits per heavy atom. The minimum atomic E-state index is -0.152. The Balaban J connectivity index is 2.47. The maximum atomic E-state index is 11.2. The van der Waals surface area contributed by atoms with E-state index in [1.165, 1.54) is 0 Å². The third kappa shape index (κ3) is 2.66. The van der Waals surface area contributed by atoms with Crippen LogP contribution in [0.2, 0.25) is 0 Å². The van der Waals surface area contributed by atoms with Crippen LogP contribution in [0.4, 0.5) is 0 Å². The number of ether oxygens (including phenoxy) is 1. The number of carbonyl (C=O) groups is 1. The lowest BCUT2D eigenvalue weighted by atomic mass is 10.2. The molecule has 3 nitrogen and oxygen atoms in total. The summed E-state index contributed by atoms with van der Waals surface area (Å²) >= 11 is 0. The van der Waals surface area contributed by atoms with E-state index in [1.54, 1.807) is 0 Å². The molecule has 1 aliphatic rings. The zero-order valence-corrected chi connectivity index (χ0v) is 7.43. The van der Waals surface area contributed by atoms with Crippen LogP contribution in [0, 0.1) is 0 Å². The molecule has 0 aromatic rings. The lowest BCUT2D eigenvalue weighted by molar-refractivity contribution is -0.138. The topological polar surface area (TPSA) is 38.3 Å². The molecule has 0 saturated carbocycles. The van der Waals surface area contributed by atoms with Crippen LogP contribution in [0.5, 0.6) is 0 Å². The largest absolute Gasteiger partial charge is 0.463 e. The molecule has 12 heavy (non-hydrogen) atoms. The molecule has 0 saturated heterocycles. The van der Waals surface area contributed by atoms with Crippen LogP contribution in [-0.2, 0) is 9.53 Å². The van der Waals surface area contributed by atoms with E-state index in [4.69, 9.17) is 4.74 Å². The van der Waals surface area contributed by atoms with E-state index in [0.29, 0.717) is 6.61 Å². The molecule has 1 N–H and O–H groups in total. The fourth-order valence-corrected chi connectivity index (χ4v) is 1.21. The minimum absolute atomic E-state index is 0.152. The average Bonchev–Trinajstić information content (AvgIpc) is 2.32. The first kappa shape index (κ1) is 9.26. The normalized spacial score (nSPS) is 17.9. The smallest absolute Gasteiger partial charge is 0.333 e.